The molecule has 0 aliphatic heterocycles. The van der Waals surface area contributed by atoms with E-state index in [9.17, 15) is 18.5 Å². The number of nitrogen functional groups attached to an aromatic ring is 1. The van der Waals surface area contributed by atoms with Crippen LogP contribution >= 0.6 is 0 Å². The first-order valence-corrected chi connectivity index (χ1v) is 7.64. The van der Waals surface area contributed by atoms with Crippen LogP contribution < -0.4 is 16.0 Å². The summed E-state index contributed by atoms with van der Waals surface area (Å²) in [4.78, 5) is 9.99. The van der Waals surface area contributed by atoms with Gasteiger partial charge < -0.3 is 10.2 Å². The first-order chi connectivity index (χ1) is 9.92. The second-order valence-corrected chi connectivity index (χ2v) is 5.95. The van der Waals surface area contributed by atoms with Crippen molar-refractivity contribution >= 4 is 21.4 Å². The van der Waals surface area contributed by atoms with Crippen molar-refractivity contribution in [1.29, 1.82) is 0 Å². The standard InChI is InChI=1S/C11H18N4O5S/c1-20-7-3-2-6-13-21(18,19)9-4-5-10(14-12)11(8-9)15(16)17/h4-5,8,13-14H,2-3,6-7,12H2,1H3. The molecular weight excluding hydrogens is 300 g/mol. The van der Waals surface area contributed by atoms with Gasteiger partial charge in [-0.2, -0.15) is 0 Å². The Morgan fingerprint density at radius 2 is 2.10 bits per heavy atom. The van der Waals surface area contributed by atoms with Crippen molar-refractivity contribution < 1.29 is 18.1 Å². The number of methoxy groups -OCH3 is 1. The van der Waals surface area contributed by atoms with E-state index in [0.717, 1.165) is 12.5 Å². The fraction of sp³-hybridized carbons (Fsp3) is 0.455. The van der Waals surface area contributed by atoms with E-state index in [-0.39, 0.29) is 17.1 Å². The highest BCUT2D eigenvalue weighted by molar-refractivity contribution is 7.89. The van der Waals surface area contributed by atoms with Crippen LogP contribution in [0.25, 0.3) is 0 Å². The summed E-state index contributed by atoms with van der Waals surface area (Å²) in [6, 6.07) is 3.46. The number of anilines is 1. The van der Waals surface area contributed by atoms with Crippen molar-refractivity contribution in [3.05, 3.63) is 28.3 Å². The van der Waals surface area contributed by atoms with E-state index >= 15 is 0 Å². The monoisotopic (exact) mass is 318 g/mol. The number of sulfonamides is 1. The van der Waals surface area contributed by atoms with Crippen LogP contribution in [0.3, 0.4) is 0 Å². The van der Waals surface area contributed by atoms with Gasteiger partial charge in [0.15, 0.2) is 0 Å². The predicted octanol–water partition coefficient (Wildman–Crippen LogP) is 0.585. The molecule has 0 aliphatic rings. The zero-order chi connectivity index (χ0) is 15.9. The van der Waals surface area contributed by atoms with Crippen LogP contribution in [0, 0.1) is 10.1 Å². The maximum absolute atomic E-state index is 12.0. The third kappa shape index (κ3) is 4.93. The number of hydrogen-bond donors (Lipinski definition) is 3. The molecule has 0 unspecified atom stereocenters. The van der Waals surface area contributed by atoms with Crippen molar-refractivity contribution in [2.75, 3.05) is 25.7 Å². The maximum atomic E-state index is 12.0. The smallest absolute Gasteiger partial charge is 0.294 e. The van der Waals surface area contributed by atoms with E-state index in [2.05, 4.69) is 10.1 Å². The molecule has 21 heavy (non-hydrogen) atoms. The van der Waals surface area contributed by atoms with Crippen LogP contribution in [-0.4, -0.2) is 33.6 Å². The average Bonchev–Trinajstić information content (AvgIpc) is 2.46. The van der Waals surface area contributed by atoms with Crippen molar-refractivity contribution in [1.82, 2.24) is 4.72 Å². The Labute approximate surface area is 122 Å². The number of hydrogen-bond acceptors (Lipinski definition) is 7. The number of rotatable bonds is 9. The number of hydrazine groups is 1. The highest BCUT2D eigenvalue weighted by Crippen LogP contribution is 2.26. The maximum Gasteiger partial charge on any atom is 0.294 e. The molecular formula is C11H18N4O5S. The van der Waals surface area contributed by atoms with E-state index < -0.39 is 20.6 Å². The molecule has 1 aromatic rings. The van der Waals surface area contributed by atoms with Gasteiger partial charge in [-0.1, -0.05) is 0 Å². The molecule has 4 N–H and O–H groups in total. The minimum absolute atomic E-state index is 0.0408. The van der Waals surface area contributed by atoms with Crippen LogP contribution in [0.2, 0.25) is 0 Å². The minimum atomic E-state index is -3.79. The minimum Gasteiger partial charge on any atom is -0.385 e. The fourth-order valence-electron chi connectivity index (χ4n) is 1.61. The summed E-state index contributed by atoms with van der Waals surface area (Å²) >= 11 is 0. The second kappa shape index (κ2) is 7.88. The fourth-order valence-corrected chi connectivity index (χ4v) is 2.71. The van der Waals surface area contributed by atoms with Gasteiger partial charge in [-0.3, -0.25) is 16.0 Å². The van der Waals surface area contributed by atoms with Crippen LogP contribution in [-0.2, 0) is 14.8 Å². The number of ether oxygens (including phenoxy) is 1. The van der Waals surface area contributed by atoms with Gasteiger partial charge in [0.05, 0.1) is 9.82 Å². The van der Waals surface area contributed by atoms with Crippen molar-refractivity contribution in [3.8, 4) is 0 Å². The Hall–Kier alpha value is -1.75. The van der Waals surface area contributed by atoms with Crippen molar-refractivity contribution in [2.45, 2.75) is 17.7 Å². The molecule has 9 nitrogen and oxygen atoms in total. The predicted molar refractivity (Wildman–Crippen MR) is 77.2 cm³/mol. The van der Waals surface area contributed by atoms with Gasteiger partial charge in [0.25, 0.3) is 5.69 Å². The lowest BCUT2D eigenvalue weighted by molar-refractivity contribution is -0.384. The summed E-state index contributed by atoms with van der Waals surface area (Å²) in [5.41, 5.74) is 1.79. The molecule has 1 rings (SSSR count). The Morgan fingerprint density at radius 3 is 2.67 bits per heavy atom. The van der Waals surface area contributed by atoms with Crippen LogP contribution in [0.15, 0.2) is 23.1 Å². The van der Waals surface area contributed by atoms with E-state index in [0.29, 0.717) is 13.0 Å². The SMILES string of the molecule is COCCCCNS(=O)(=O)c1ccc(NN)c([N+](=O)[O-])c1. The van der Waals surface area contributed by atoms with Crippen molar-refractivity contribution in [2.24, 2.45) is 5.84 Å². The molecule has 118 valence electrons. The molecule has 0 amide bonds. The van der Waals surface area contributed by atoms with Gasteiger partial charge in [-0.15, -0.1) is 0 Å². The lowest BCUT2D eigenvalue weighted by Gasteiger charge is -2.08. The van der Waals surface area contributed by atoms with Gasteiger partial charge in [-0.25, -0.2) is 13.1 Å². The van der Waals surface area contributed by atoms with E-state index in [1.165, 1.54) is 12.1 Å². The van der Waals surface area contributed by atoms with Gasteiger partial charge in [-0.05, 0) is 25.0 Å². The Kier molecular flexibility index (Phi) is 6.49. The Bertz CT molecular complexity index is 590. The molecule has 0 atom stereocenters. The normalized spacial score (nSPS) is 11.3. The summed E-state index contributed by atoms with van der Waals surface area (Å²) in [7, 11) is -2.23. The van der Waals surface area contributed by atoms with Crippen molar-refractivity contribution in [3.63, 3.8) is 0 Å². The largest absolute Gasteiger partial charge is 0.385 e. The number of nitro benzene ring substituents is 1. The number of unbranched alkanes of at least 4 members (excludes halogenated alkanes) is 1. The molecule has 0 saturated heterocycles. The zero-order valence-corrected chi connectivity index (χ0v) is 12.4. The zero-order valence-electron chi connectivity index (χ0n) is 11.5. The molecule has 0 spiro atoms. The van der Waals surface area contributed by atoms with Crippen LogP contribution in [0.1, 0.15) is 12.8 Å². The summed E-state index contributed by atoms with van der Waals surface area (Å²) in [6.07, 6.45) is 1.33. The molecule has 0 aliphatic carbocycles. The second-order valence-electron chi connectivity index (χ2n) is 4.18. The summed E-state index contributed by atoms with van der Waals surface area (Å²) in [5.74, 6) is 5.14. The van der Waals surface area contributed by atoms with E-state index in [4.69, 9.17) is 10.6 Å². The van der Waals surface area contributed by atoms with Crippen LogP contribution in [0.5, 0.6) is 0 Å². The molecule has 0 saturated carbocycles. The lowest BCUT2D eigenvalue weighted by atomic mass is 10.3. The topological polar surface area (TPSA) is 137 Å². The van der Waals surface area contributed by atoms with Crippen LogP contribution in [0.4, 0.5) is 11.4 Å². The Balaban J connectivity index is 2.83. The molecule has 0 fully saturated rings. The third-order valence-electron chi connectivity index (χ3n) is 2.70. The molecule has 1 aromatic carbocycles. The number of nitro groups is 1. The summed E-state index contributed by atoms with van der Waals surface area (Å²) < 4.78 is 31.3. The quantitative estimate of drug-likeness (QED) is 0.262. The highest BCUT2D eigenvalue weighted by Gasteiger charge is 2.20. The molecule has 0 aromatic heterocycles. The van der Waals surface area contributed by atoms with E-state index in [1.807, 2.05) is 0 Å². The first kappa shape index (κ1) is 17.3. The van der Waals surface area contributed by atoms with Gasteiger partial charge in [0.2, 0.25) is 10.0 Å². The van der Waals surface area contributed by atoms with Gasteiger partial charge in [0, 0.05) is 26.3 Å². The summed E-state index contributed by atoms with van der Waals surface area (Å²) in [5, 5.41) is 10.9. The van der Waals surface area contributed by atoms with Gasteiger partial charge in [0.1, 0.15) is 5.69 Å². The first-order valence-electron chi connectivity index (χ1n) is 6.16. The van der Waals surface area contributed by atoms with Gasteiger partial charge >= 0.3 is 0 Å². The lowest BCUT2D eigenvalue weighted by Crippen LogP contribution is -2.25. The molecule has 10 heteroatoms. The number of nitrogens with zero attached hydrogens (tertiary/aromatic N) is 1. The number of nitrogens with one attached hydrogen (secondary N) is 2. The Morgan fingerprint density at radius 1 is 1.38 bits per heavy atom. The third-order valence-corrected chi connectivity index (χ3v) is 4.16. The summed E-state index contributed by atoms with van der Waals surface area (Å²) in [6.45, 7) is 0.778. The molecule has 0 heterocycles. The molecule has 0 bridgehead atoms. The van der Waals surface area contributed by atoms with E-state index in [1.54, 1.807) is 7.11 Å². The number of benzene rings is 1. The molecule has 0 radical (unpaired) electrons. The highest BCUT2D eigenvalue weighted by atomic mass is 32.2. The average molecular weight is 318 g/mol. The number of nitrogens with two attached hydrogens (primary N) is 1.